The van der Waals surface area contributed by atoms with E-state index in [2.05, 4.69) is 24.3 Å². The zero-order chi connectivity index (χ0) is 3.54. The molecular weight excluding hydrogens is 179 g/mol. The van der Waals surface area contributed by atoms with E-state index in [1.165, 1.54) is 0 Å². The molecule has 0 aromatic heterocycles. The smallest absolute Gasteiger partial charge is 0 e. The van der Waals surface area contributed by atoms with Gasteiger partial charge in [0, 0.05) is 23.9 Å². The Balaban J connectivity index is 0.000000250. The fraction of sp³-hybridized carbons (Fsp3) is 0.200. The molecule has 1 aliphatic carbocycles. The molecule has 0 amide bonds. The van der Waals surface area contributed by atoms with Crippen molar-refractivity contribution in [2.75, 3.05) is 0 Å². The van der Waals surface area contributed by atoms with Gasteiger partial charge in [-0.2, -0.15) is 0 Å². The summed E-state index contributed by atoms with van der Waals surface area (Å²) >= 11 is 0. The third-order valence-electron chi connectivity index (χ3n) is 0.655. The quantitative estimate of drug-likeness (QED) is 0.496. The third-order valence-corrected chi connectivity index (χ3v) is 0.655. The average Bonchev–Trinajstić information content (AvgIpc) is 1.76. The van der Waals surface area contributed by atoms with Gasteiger partial charge < -0.3 is 0 Å². The van der Waals surface area contributed by atoms with Crippen LogP contribution < -0.4 is 0 Å². The summed E-state index contributed by atoms with van der Waals surface area (Å²) in [6.45, 7) is 0. The summed E-state index contributed by atoms with van der Waals surface area (Å²) < 4.78 is 0. The summed E-state index contributed by atoms with van der Waals surface area (Å²) in [5.74, 6) is 0. The molecule has 0 unspecified atom stereocenters. The molecule has 0 atom stereocenters. The van der Waals surface area contributed by atoms with E-state index in [-0.39, 0.29) is 23.9 Å². The standard InChI is InChI=1S/C5H6.Sn/c1-2-4-5-3-1;/h1-4H,5H2;. The molecule has 1 rings (SSSR count). The van der Waals surface area contributed by atoms with Crippen LogP contribution in [0.1, 0.15) is 6.42 Å². The fourth-order valence-electron chi connectivity index (χ4n) is 0.393. The van der Waals surface area contributed by atoms with Crippen LogP contribution in [0.5, 0.6) is 0 Å². The van der Waals surface area contributed by atoms with Crippen molar-refractivity contribution in [2.45, 2.75) is 6.42 Å². The summed E-state index contributed by atoms with van der Waals surface area (Å²) in [6.07, 6.45) is 9.50. The molecule has 0 aliphatic heterocycles. The molecule has 0 heterocycles. The van der Waals surface area contributed by atoms with Gasteiger partial charge in [0.1, 0.15) is 0 Å². The second-order valence-corrected chi connectivity index (χ2v) is 1.09. The van der Waals surface area contributed by atoms with Gasteiger partial charge in [0.15, 0.2) is 0 Å². The Morgan fingerprint density at radius 2 is 1.50 bits per heavy atom. The van der Waals surface area contributed by atoms with E-state index < -0.39 is 0 Å². The molecule has 30 valence electrons. The second kappa shape index (κ2) is 3.47. The zero-order valence-electron chi connectivity index (χ0n) is 3.52. The van der Waals surface area contributed by atoms with E-state index in [0.717, 1.165) is 6.42 Å². The first kappa shape index (κ1) is 6.28. The van der Waals surface area contributed by atoms with Crippen LogP contribution in [0.25, 0.3) is 0 Å². The molecule has 0 aromatic carbocycles. The van der Waals surface area contributed by atoms with Gasteiger partial charge >= 0.3 is 0 Å². The van der Waals surface area contributed by atoms with Gasteiger partial charge in [-0.1, -0.05) is 24.3 Å². The maximum Gasteiger partial charge on any atom is 0 e. The van der Waals surface area contributed by atoms with Crippen LogP contribution >= 0.6 is 0 Å². The Kier molecular flexibility index (Phi) is 3.63. The maximum atomic E-state index is 2.12. The SMILES string of the molecule is C1=CCC=C1.[Sn]. The van der Waals surface area contributed by atoms with Crippen molar-refractivity contribution in [1.82, 2.24) is 0 Å². The van der Waals surface area contributed by atoms with Crippen LogP contribution in [0, 0.1) is 0 Å². The van der Waals surface area contributed by atoms with Gasteiger partial charge in [0.05, 0.1) is 0 Å². The Hall–Kier alpha value is 0.279. The predicted octanol–water partition coefficient (Wildman–Crippen LogP) is 1.12. The van der Waals surface area contributed by atoms with E-state index in [0.29, 0.717) is 0 Å². The Labute approximate surface area is 54.9 Å². The molecule has 1 aliphatic rings. The van der Waals surface area contributed by atoms with E-state index in [9.17, 15) is 0 Å². The van der Waals surface area contributed by atoms with Gasteiger partial charge in [0.2, 0.25) is 0 Å². The zero-order valence-corrected chi connectivity index (χ0v) is 6.37. The molecule has 0 saturated carbocycles. The Morgan fingerprint density at radius 1 is 1.00 bits per heavy atom. The number of hydrogen-bond acceptors (Lipinski definition) is 0. The Morgan fingerprint density at radius 3 is 1.67 bits per heavy atom. The molecule has 6 heavy (non-hydrogen) atoms. The molecule has 0 aromatic rings. The van der Waals surface area contributed by atoms with Gasteiger partial charge in [-0.05, 0) is 6.42 Å². The minimum absolute atomic E-state index is 0. The molecule has 0 bridgehead atoms. The van der Waals surface area contributed by atoms with Gasteiger partial charge in [-0.15, -0.1) is 0 Å². The minimum Gasteiger partial charge on any atom is -0.0808 e. The molecule has 0 fully saturated rings. The molecule has 0 spiro atoms. The van der Waals surface area contributed by atoms with Crippen LogP contribution in [0.15, 0.2) is 24.3 Å². The van der Waals surface area contributed by atoms with Crippen molar-refractivity contribution >= 4 is 23.9 Å². The van der Waals surface area contributed by atoms with Crippen molar-refractivity contribution in [3.8, 4) is 0 Å². The molecular formula is C5H6Sn. The second-order valence-electron chi connectivity index (χ2n) is 1.09. The van der Waals surface area contributed by atoms with Gasteiger partial charge in [-0.25, -0.2) is 0 Å². The van der Waals surface area contributed by atoms with E-state index in [1.807, 2.05) is 0 Å². The molecule has 0 saturated heterocycles. The fourth-order valence-corrected chi connectivity index (χ4v) is 0.393. The molecule has 0 N–H and O–H groups in total. The van der Waals surface area contributed by atoms with Crippen molar-refractivity contribution in [2.24, 2.45) is 0 Å². The Bertz CT molecular complexity index is 62.0. The average molecular weight is 185 g/mol. The van der Waals surface area contributed by atoms with Crippen molar-refractivity contribution in [3.05, 3.63) is 24.3 Å². The van der Waals surface area contributed by atoms with Gasteiger partial charge in [-0.3, -0.25) is 0 Å². The number of allylic oxidation sites excluding steroid dienone is 4. The van der Waals surface area contributed by atoms with E-state index in [1.54, 1.807) is 0 Å². The van der Waals surface area contributed by atoms with Crippen LogP contribution in [0.2, 0.25) is 0 Å². The maximum absolute atomic E-state index is 2.12. The summed E-state index contributed by atoms with van der Waals surface area (Å²) in [4.78, 5) is 0. The van der Waals surface area contributed by atoms with Crippen molar-refractivity contribution < 1.29 is 0 Å². The first-order valence-electron chi connectivity index (χ1n) is 1.82. The van der Waals surface area contributed by atoms with Crippen LogP contribution in [0.4, 0.5) is 0 Å². The first-order valence-corrected chi connectivity index (χ1v) is 1.82. The third kappa shape index (κ3) is 1.65. The topological polar surface area (TPSA) is 0 Å². The van der Waals surface area contributed by atoms with E-state index >= 15 is 0 Å². The van der Waals surface area contributed by atoms with Crippen LogP contribution in [0.3, 0.4) is 0 Å². The first-order chi connectivity index (χ1) is 2.50. The summed E-state index contributed by atoms with van der Waals surface area (Å²) in [5.41, 5.74) is 0. The molecule has 4 radical (unpaired) electrons. The normalized spacial score (nSPS) is 14.7. The summed E-state index contributed by atoms with van der Waals surface area (Å²) in [5, 5.41) is 0. The van der Waals surface area contributed by atoms with Crippen molar-refractivity contribution in [1.29, 1.82) is 0 Å². The van der Waals surface area contributed by atoms with E-state index in [4.69, 9.17) is 0 Å². The predicted molar refractivity (Wildman–Crippen MR) is 28.7 cm³/mol. The summed E-state index contributed by atoms with van der Waals surface area (Å²) in [6, 6.07) is 0. The monoisotopic (exact) mass is 186 g/mol. The minimum atomic E-state index is 0. The van der Waals surface area contributed by atoms with Crippen LogP contribution in [-0.2, 0) is 0 Å². The summed E-state index contributed by atoms with van der Waals surface area (Å²) in [7, 11) is 0. The number of hydrogen-bond donors (Lipinski definition) is 0. The van der Waals surface area contributed by atoms with Crippen LogP contribution in [-0.4, -0.2) is 23.9 Å². The largest absolute Gasteiger partial charge is 0.0808 e. The molecule has 0 nitrogen and oxygen atoms in total. The molecule has 1 heteroatoms. The van der Waals surface area contributed by atoms with Gasteiger partial charge in [0.25, 0.3) is 0 Å². The number of rotatable bonds is 0. The van der Waals surface area contributed by atoms with Crippen molar-refractivity contribution in [3.63, 3.8) is 0 Å².